The molecular formula is C24H29FIN5O5S. The van der Waals surface area contributed by atoms with Crippen LogP contribution in [0.3, 0.4) is 0 Å². The number of hydrogen-bond donors (Lipinski definition) is 3. The maximum Gasteiger partial charge on any atom is 0.321 e. The van der Waals surface area contributed by atoms with Crippen molar-refractivity contribution in [1.82, 2.24) is 9.80 Å². The molecule has 10 nitrogen and oxygen atoms in total. The molecule has 0 aromatic heterocycles. The van der Waals surface area contributed by atoms with E-state index < -0.39 is 27.6 Å². The number of hydrogen-bond acceptors (Lipinski definition) is 6. The van der Waals surface area contributed by atoms with Crippen molar-refractivity contribution in [3.63, 3.8) is 0 Å². The summed E-state index contributed by atoms with van der Waals surface area (Å²) in [6.45, 7) is 1.62. The molecular weight excluding hydrogens is 616 g/mol. The number of rotatable bonds is 8. The van der Waals surface area contributed by atoms with Crippen molar-refractivity contribution in [2.75, 3.05) is 43.6 Å². The number of nitrogens with one attached hydrogen (secondary N) is 2. The zero-order valence-corrected chi connectivity index (χ0v) is 23.6. The molecule has 3 rings (SSSR count). The Morgan fingerprint density at radius 3 is 2.51 bits per heavy atom. The van der Waals surface area contributed by atoms with Gasteiger partial charge in [-0.15, -0.1) is 0 Å². The van der Waals surface area contributed by atoms with E-state index in [-0.39, 0.29) is 44.3 Å². The third-order valence-corrected chi connectivity index (χ3v) is 9.13. The fourth-order valence-corrected chi connectivity index (χ4v) is 6.19. The lowest BCUT2D eigenvalue weighted by molar-refractivity contribution is -0.130. The number of primary amides is 1. The molecule has 4 N–H and O–H groups in total. The molecule has 0 bridgehead atoms. The van der Waals surface area contributed by atoms with Crippen molar-refractivity contribution >= 4 is 61.6 Å². The summed E-state index contributed by atoms with van der Waals surface area (Å²) in [5.41, 5.74) is 6.11. The number of alkyl halides is 1. The molecule has 2 aromatic carbocycles. The Bertz CT molecular complexity index is 1320. The molecule has 1 saturated heterocycles. The molecule has 1 aliphatic rings. The summed E-state index contributed by atoms with van der Waals surface area (Å²) in [5.74, 6) is -1.89. The van der Waals surface area contributed by atoms with Crippen LogP contribution >= 0.6 is 22.6 Å². The van der Waals surface area contributed by atoms with Crippen molar-refractivity contribution in [3.05, 3.63) is 53.3 Å². The highest BCUT2D eigenvalue weighted by Gasteiger charge is 2.39. The second kappa shape index (κ2) is 11.6. The largest absolute Gasteiger partial charge is 0.374 e. The third kappa shape index (κ3) is 6.50. The molecule has 0 spiro atoms. The van der Waals surface area contributed by atoms with Gasteiger partial charge in [0.15, 0.2) is 9.84 Å². The number of carbonyl (C=O) groups is 3. The van der Waals surface area contributed by atoms with Crippen LogP contribution in [0.5, 0.6) is 0 Å². The van der Waals surface area contributed by atoms with E-state index in [2.05, 4.69) is 33.2 Å². The first kappa shape index (κ1) is 28.6. The Hall–Kier alpha value is -2.94. The smallest absolute Gasteiger partial charge is 0.321 e. The van der Waals surface area contributed by atoms with E-state index in [4.69, 9.17) is 5.73 Å². The van der Waals surface area contributed by atoms with E-state index in [0.29, 0.717) is 24.2 Å². The van der Waals surface area contributed by atoms with Crippen LogP contribution in [-0.4, -0.2) is 72.9 Å². The van der Waals surface area contributed by atoms with Crippen molar-refractivity contribution < 1.29 is 27.2 Å². The Morgan fingerprint density at radius 2 is 1.89 bits per heavy atom. The van der Waals surface area contributed by atoms with Gasteiger partial charge in [-0.1, -0.05) is 29.5 Å². The minimum Gasteiger partial charge on any atom is -0.374 e. The van der Waals surface area contributed by atoms with E-state index in [1.165, 1.54) is 29.2 Å². The number of amides is 4. The number of nitrogens with zero attached hydrogens (tertiary/aromatic N) is 2. The maximum absolute atomic E-state index is 14.2. The maximum atomic E-state index is 14.2. The minimum absolute atomic E-state index is 0.0472. The van der Waals surface area contributed by atoms with Gasteiger partial charge in [0.05, 0.1) is 28.9 Å². The molecule has 1 heterocycles. The zero-order chi connectivity index (χ0) is 27.5. The Labute approximate surface area is 228 Å². The topological polar surface area (TPSA) is 142 Å². The summed E-state index contributed by atoms with van der Waals surface area (Å²) >= 11 is 2.19. The summed E-state index contributed by atoms with van der Waals surface area (Å²) in [6, 6.07) is 7.16. The molecule has 1 aliphatic heterocycles. The average Bonchev–Trinajstić information content (AvgIpc) is 3.24. The van der Waals surface area contributed by atoms with Crippen LogP contribution in [0.4, 0.5) is 20.6 Å². The summed E-state index contributed by atoms with van der Waals surface area (Å²) in [6.07, 6.45) is 0.613. The van der Waals surface area contributed by atoms with Crippen molar-refractivity contribution in [3.8, 4) is 0 Å². The van der Waals surface area contributed by atoms with Gasteiger partial charge in [0, 0.05) is 35.8 Å². The highest BCUT2D eigenvalue weighted by atomic mass is 127. The van der Waals surface area contributed by atoms with Gasteiger partial charge < -0.3 is 26.2 Å². The van der Waals surface area contributed by atoms with Gasteiger partial charge in [0.2, 0.25) is 11.8 Å². The SMILES string of the molecule is CCS(=O)(=O)c1ccc(NC(=O)N(C)C)cc1[C@H]1[C@@H](I)CCN1C(=O)CNc1cc(C(N)=O)ccc1F. The number of halogens is 2. The molecule has 2 atom stereocenters. The first-order chi connectivity index (χ1) is 17.4. The van der Waals surface area contributed by atoms with Gasteiger partial charge in [-0.2, -0.15) is 0 Å². The van der Waals surface area contributed by atoms with Crippen LogP contribution in [-0.2, 0) is 14.6 Å². The summed E-state index contributed by atoms with van der Waals surface area (Å²) < 4.78 is 40.0. The van der Waals surface area contributed by atoms with Gasteiger partial charge in [-0.05, 0) is 48.4 Å². The number of carbonyl (C=O) groups excluding carboxylic acids is 3. The minimum atomic E-state index is -3.65. The van der Waals surface area contributed by atoms with Gasteiger partial charge in [0.1, 0.15) is 5.82 Å². The standard InChI is InChI=1S/C24H29FIN5O5S/c1-4-37(35,36)20-8-6-15(29-24(34)30(2)3)12-16(20)22-18(26)9-10-31(22)21(32)13-28-19-11-14(23(27)33)5-7-17(19)25/h5-8,11-12,18,22,28H,4,9-10,13H2,1-3H3,(H2,27,33)(H,29,34)/t18-,22-/m0/s1. The molecule has 1 fully saturated rings. The van der Waals surface area contributed by atoms with E-state index in [0.717, 1.165) is 6.07 Å². The molecule has 37 heavy (non-hydrogen) atoms. The van der Waals surface area contributed by atoms with E-state index >= 15 is 0 Å². The number of sulfone groups is 1. The lowest BCUT2D eigenvalue weighted by atomic mass is 10.0. The lowest BCUT2D eigenvalue weighted by Crippen LogP contribution is -2.37. The monoisotopic (exact) mass is 645 g/mol. The molecule has 0 radical (unpaired) electrons. The summed E-state index contributed by atoms with van der Waals surface area (Å²) in [4.78, 5) is 39.9. The Kier molecular flexibility index (Phi) is 9.00. The summed E-state index contributed by atoms with van der Waals surface area (Å²) in [7, 11) is -0.482. The van der Waals surface area contributed by atoms with Crippen LogP contribution in [0.25, 0.3) is 0 Å². The van der Waals surface area contributed by atoms with Crippen LogP contribution in [0.1, 0.15) is 35.3 Å². The second-order valence-electron chi connectivity index (χ2n) is 8.73. The normalized spacial score (nSPS) is 17.4. The molecule has 0 saturated carbocycles. The zero-order valence-electron chi connectivity index (χ0n) is 20.6. The number of urea groups is 1. The fraction of sp³-hybridized carbons (Fsp3) is 0.375. The highest BCUT2D eigenvalue weighted by Crippen LogP contribution is 2.41. The van der Waals surface area contributed by atoms with Gasteiger partial charge >= 0.3 is 6.03 Å². The number of benzene rings is 2. The number of anilines is 2. The van der Waals surface area contributed by atoms with Crippen molar-refractivity contribution in [2.24, 2.45) is 5.73 Å². The van der Waals surface area contributed by atoms with Crippen molar-refractivity contribution in [1.29, 1.82) is 0 Å². The van der Waals surface area contributed by atoms with Crippen LogP contribution in [0.15, 0.2) is 41.3 Å². The van der Waals surface area contributed by atoms with Crippen LogP contribution in [0.2, 0.25) is 0 Å². The highest BCUT2D eigenvalue weighted by molar-refractivity contribution is 14.1. The Balaban J connectivity index is 1.94. The van der Waals surface area contributed by atoms with E-state index in [9.17, 15) is 27.2 Å². The fourth-order valence-electron chi connectivity index (χ4n) is 4.01. The van der Waals surface area contributed by atoms with Gasteiger partial charge in [-0.25, -0.2) is 17.6 Å². The average molecular weight is 645 g/mol. The quantitative estimate of drug-likeness (QED) is 0.298. The Morgan fingerprint density at radius 1 is 1.19 bits per heavy atom. The molecule has 0 unspecified atom stereocenters. The van der Waals surface area contributed by atoms with Crippen LogP contribution < -0.4 is 16.4 Å². The first-order valence-corrected chi connectivity index (χ1v) is 14.4. The molecule has 2 aromatic rings. The van der Waals surface area contributed by atoms with Gasteiger partial charge in [-0.3, -0.25) is 9.59 Å². The van der Waals surface area contributed by atoms with Crippen molar-refractivity contribution in [2.45, 2.75) is 28.2 Å². The third-order valence-electron chi connectivity index (χ3n) is 6.03. The van der Waals surface area contributed by atoms with E-state index in [1.807, 2.05) is 0 Å². The summed E-state index contributed by atoms with van der Waals surface area (Å²) in [5, 5.41) is 5.44. The van der Waals surface area contributed by atoms with Gasteiger partial charge in [0.25, 0.3) is 0 Å². The number of likely N-dealkylation sites (tertiary alicyclic amines) is 1. The van der Waals surface area contributed by atoms with E-state index in [1.54, 1.807) is 32.0 Å². The first-order valence-electron chi connectivity index (χ1n) is 11.5. The second-order valence-corrected chi connectivity index (χ2v) is 12.6. The molecule has 4 amide bonds. The lowest BCUT2D eigenvalue weighted by Gasteiger charge is -2.29. The number of nitrogens with two attached hydrogens (primary N) is 1. The predicted molar refractivity (Wildman–Crippen MR) is 147 cm³/mol. The molecule has 0 aliphatic carbocycles. The molecule has 13 heteroatoms. The van der Waals surface area contributed by atoms with Crippen LogP contribution in [0, 0.1) is 5.82 Å². The predicted octanol–water partition coefficient (Wildman–Crippen LogP) is 3.00. The molecule has 200 valence electrons.